The van der Waals surface area contributed by atoms with Crippen molar-refractivity contribution in [2.45, 2.75) is 38.5 Å². The molecule has 1 aliphatic rings. The number of nitrogens with zero attached hydrogens (tertiary/aromatic N) is 3. The summed E-state index contributed by atoms with van der Waals surface area (Å²) >= 11 is 1.39. The highest BCUT2D eigenvalue weighted by Crippen LogP contribution is 2.32. The van der Waals surface area contributed by atoms with E-state index in [-0.39, 0.29) is 12.0 Å². The summed E-state index contributed by atoms with van der Waals surface area (Å²) in [7, 11) is 0. The first-order valence-corrected chi connectivity index (χ1v) is 11.6. The Morgan fingerprint density at radius 3 is 2.94 bits per heavy atom. The number of hydrogen-bond acceptors (Lipinski definition) is 6. The van der Waals surface area contributed by atoms with Gasteiger partial charge >= 0.3 is 0 Å². The second-order valence-electron chi connectivity index (χ2n) is 7.75. The van der Waals surface area contributed by atoms with Crippen molar-refractivity contribution in [1.82, 2.24) is 14.8 Å². The molecule has 0 radical (unpaired) electrons. The van der Waals surface area contributed by atoms with Gasteiger partial charge in [-0.15, -0.1) is 10.2 Å². The van der Waals surface area contributed by atoms with Gasteiger partial charge in [-0.3, -0.25) is 4.79 Å². The number of benzene rings is 2. The molecule has 32 heavy (non-hydrogen) atoms. The van der Waals surface area contributed by atoms with Gasteiger partial charge in [0, 0.05) is 31.8 Å². The van der Waals surface area contributed by atoms with Crippen molar-refractivity contribution in [2.75, 3.05) is 11.9 Å². The third kappa shape index (κ3) is 4.81. The Morgan fingerprint density at radius 2 is 2.09 bits per heavy atom. The molecule has 1 amide bonds. The quantitative estimate of drug-likeness (QED) is 0.413. The largest absolute Gasteiger partial charge is 0.489 e. The van der Waals surface area contributed by atoms with E-state index in [1.807, 2.05) is 60.8 Å². The molecule has 0 unspecified atom stereocenters. The molecule has 4 aromatic rings. The lowest BCUT2D eigenvalue weighted by molar-refractivity contribution is -0.116. The third-order valence-corrected chi connectivity index (χ3v) is 6.40. The van der Waals surface area contributed by atoms with Crippen molar-refractivity contribution in [1.29, 1.82) is 0 Å². The highest BCUT2D eigenvalue weighted by atomic mass is 32.1. The van der Waals surface area contributed by atoms with Crippen LogP contribution in [0.2, 0.25) is 0 Å². The molecule has 1 atom stereocenters. The van der Waals surface area contributed by atoms with E-state index in [1.54, 1.807) is 0 Å². The summed E-state index contributed by atoms with van der Waals surface area (Å²) in [5.74, 6) is 0.722. The second kappa shape index (κ2) is 9.50. The van der Waals surface area contributed by atoms with Gasteiger partial charge in [-0.1, -0.05) is 41.7 Å². The number of carbonyl (C=O) groups is 1. The van der Waals surface area contributed by atoms with Gasteiger partial charge in [0.1, 0.15) is 23.5 Å². The van der Waals surface area contributed by atoms with Gasteiger partial charge in [0.2, 0.25) is 11.0 Å². The normalized spacial score (nSPS) is 15.8. The maximum Gasteiger partial charge on any atom is 0.227 e. The number of hydrogen-bond donors (Lipinski definition) is 1. The van der Waals surface area contributed by atoms with Gasteiger partial charge in [0.25, 0.3) is 0 Å². The van der Waals surface area contributed by atoms with E-state index in [9.17, 15) is 4.79 Å². The lowest BCUT2D eigenvalue weighted by Crippen LogP contribution is -2.14. The van der Waals surface area contributed by atoms with Gasteiger partial charge in [0.15, 0.2) is 0 Å². The van der Waals surface area contributed by atoms with Gasteiger partial charge in [-0.2, -0.15) is 0 Å². The lowest BCUT2D eigenvalue weighted by atomic mass is 10.2. The van der Waals surface area contributed by atoms with Crippen molar-refractivity contribution >= 4 is 33.3 Å². The standard InChI is InChI=1S/C24H24N4O3S/c29-22(25-24-27-26-23(32-24)21-7-4-14-30-21)11-13-28-12-10-18-8-9-19(15-20(18)28)31-16-17-5-2-1-3-6-17/h1-3,5-6,8-10,12,15,21H,4,7,11,13-14,16H2,(H,25,27,29)/t21-/m0/s1. The summed E-state index contributed by atoms with van der Waals surface area (Å²) in [4.78, 5) is 12.5. The Balaban J connectivity index is 1.19. The summed E-state index contributed by atoms with van der Waals surface area (Å²) in [6.07, 6.45) is 4.35. The molecule has 0 saturated carbocycles. The number of fused-ring (bicyclic) bond motifs is 1. The number of anilines is 1. The maximum absolute atomic E-state index is 12.5. The summed E-state index contributed by atoms with van der Waals surface area (Å²) in [5.41, 5.74) is 2.17. The van der Waals surface area contributed by atoms with Crippen LogP contribution in [0, 0.1) is 0 Å². The molecular weight excluding hydrogens is 424 g/mol. The minimum atomic E-state index is -0.0848. The molecule has 0 aliphatic carbocycles. The molecule has 0 spiro atoms. The number of carbonyl (C=O) groups excluding carboxylic acids is 1. The zero-order valence-corrected chi connectivity index (χ0v) is 18.4. The number of rotatable bonds is 8. The van der Waals surface area contributed by atoms with Crippen molar-refractivity contribution < 1.29 is 14.3 Å². The Morgan fingerprint density at radius 1 is 1.19 bits per heavy atom. The predicted octanol–water partition coefficient (Wildman–Crippen LogP) is 4.95. The zero-order chi connectivity index (χ0) is 21.8. The van der Waals surface area contributed by atoms with Crippen molar-refractivity contribution in [3.05, 3.63) is 71.4 Å². The van der Waals surface area contributed by atoms with Crippen molar-refractivity contribution in [2.24, 2.45) is 0 Å². The van der Waals surface area contributed by atoms with Gasteiger partial charge in [-0.05, 0) is 42.0 Å². The monoisotopic (exact) mass is 448 g/mol. The molecule has 3 heterocycles. The molecule has 1 saturated heterocycles. The van der Waals surface area contributed by atoms with E-state index in [0.29, 0.717) is 24.7 Å². The summed E-state index contributed by atoms with van der Waals surface area (Å²) in [5, 5.41) is 13.6. The summed E-state index contributed by atoms with van der Waals surface area (Å²) in [6, 6.07) is 18.2. The minimum absolute atomic E-state index is 0.0164. The fraction of sp³-hybridized carbons (Fsp3) is 0.292. The van der Waals surface area contributed by atoms with Gasteiger partial charge in [-0.25, -0.2) is 0 Å². The van der Waals surface area contributed by atoms with Crippen LogP contribution in [0.3, 0.4) is 0 Å². The van der Waals surface area contributed by atoms with Crippen LogP contribution >= 0.6 is 11.3 Å². The summed E-state index contributed by atoms with van der Waals surface area (Å²) < 4.78 is 13.7. The van der Waals surface area contributed by atoms with Crippen LogP contribution in [-0.4, -0.2) is 27.3 Å². The van der Waals surface area contributed by atoms with Crippen molar-refractivity contribution in [3.63, 3.8) is 0 Å². The topological polar surface area (TPSA) is 78.3 Å². The first-order chi connectivity index (χ1) is 15.7. The highest BCUT2D eigenvalue weighted by Gasteiger charge is 2.22. The van der Waals surface area contributed by atoms with E-state index in [1.165, 1.54) is 11.3 Å². The highest BCUT2D eigenvalue weighted by molar-refractivity contribution is 7.15. The predicted molar refractivity (Wildman–Crippen MR) is 124 cm³/mol. The van der Waals surface area contributed by atoms with Crippen LogP contribution in [0.4, 0.5) is 5.13 Å². The number of amides is 1. The zero-order valence-electron chi connectivity index (χ0n) is 17.6. The lowest BCUT2D eigenvalue weighted by Gasteiger charge is -2.09. The van der Waals surface area contributed by atoms with Crippen LogP contribution in [0.1, 0.15) is 35.9 Å². The van der Waals surface area contributed by atoms with E-state index >= 15 is 0 Å². The molecule has 1 aliphatic heterocycles. The third-order valence-electron chi connectivity index (χ3n) is 5.47. The molecule has 2 aromatic carbocycles. The SMILES string of the molecule is O=C(CCn1ccc2ccc(OCc3ccccc3)cc21)Nc1nnc([C@@H]2CCCO2)s1. The minimum Gasteiger partial charge on any atom is -0.489 e. The van der Waals surface area contributed by atoms with Crippen LogP contribution in [0.15, 0.2) is 60.8 Å². The van der Waals surface area contributed by atoms with E-state index in [0.717, 1.165) is 46.7 Å². The fourth-order valence-electron chi connectivity index (χ4n) is 3.78. The molecule has 164 valence electrons. The Bertz CT molecular complexity index is 1200. The molecular formula is C24H24N4O3S. The number of nitrogens with one attached hydrogen (secondary N) is 1. The number of aromatic nitrogens is 3. The van der Waals surface area contributed by atoms with Gasteiger partial charge in [0.05, 0.1) is 5.52 Å². The van der Waals surface area contributed by atoms with E-state index in [4.69, 9.17) is 9.47 Å². The van der Waals surface area contributed by atoms with E-state index in [2.05, 4.69) is 20.1 Å². The maximum atomic E-state index is 12.5. The van der Waals surface area contributed by atoms with Crippen LogP contribution < -0.4 is 10.1 Å². The molecule has 8 heteroatoms. The molecule has 2 aromatic heterocycles. The Hall–Kier alpha value is -3.23. The average Bonchev–Trinajstić information content (AvgIpc) is 3.58. The van der Waals surface area contributed by atoms with Crippen LogP contribution in [0.5, 0.6) is 5.75 Å². The average molecular weight is 449 g/mol. The fourth-order valence-corrected chi connectivity index (χ4v) is 4.62. The van der Waals surface area contributed by atoms with Crippen molar-refractivity contribution in [3.8, 4) is 5.75 Å². The molecule has 5 rings (SSSR count). The van der Waals surface area contributed by atoms with Gasteiger partial charge < -0.3 is 19.4 Å². The second-order valence-corrected chi connectivity index (χ2v) is 8.76. The molecule has 7 nitrogen and oxygen atoms in total. The Labute approximate surface area is 190 Å². The first-order valence-electron chi connectivity index (χ1n) is 10.7. The van der Waals surface area contributed by atoms with Crippen LogP contribution in [-0.2, 0) is 22.7 Å². The summed E-state index contributed by atoms with van der Waals surface area (Å²) in [6.45, 7) is 1.84. The molecule has 1 fully saturated rings. The first kappa shape index (κ1) is 20.7. The number of aryl methyl sites for hydroxylation is 1. The molecule has 1 N–H and O–H groups in total. The smallest absolute Gasteiger partial charge is 0.227 e. The van der Waals surface area contributed by atoms with Crippen LogP contribution in [0.25, 0.3) is 10.9 Å². The molecule has 0 bridgehead atoms. The van der Waals surface area contributed by atoms with E-state index < -0.39 is 0 Å². The number of ether oxygens (including phenoxy) is 2. The Kier molecular flexibility index (Phi) is 6.13.